The zero-order valence-corrected chi connectivity index (χ0v) is 14.2. The van der Waals surface area contributed by atoms with Gasteiger partial charge in [0.1, 0.15) is 5.75 Å². The average Bonchev–Trinajstić information content (AvgIpc) is 3.06. The van der Waals surface area contributed by atoms with E-state index >= 15 is 0 Å². The minimum Gasteiger partial charge on any atom is -0.497 e. The van der Waals surface area contributed by atoms with Crippen LogP contribution in [0.2, 0.25) is 0 Å². The van der Waals surface area contributed by atoms with Crippen LogP contribution in [-0.4, -0.2) is 24.9 Å². The van der Waals surface area contributed by atoms with Crippen LogP contribution in [0, 0.1) is 6.92 Å². The highest BCUT2D eigenvalue weighted by Crippen LogP contribution is 2.27. The SMILES string of the molecule is COc1cccc(-c2nsc(S(=O)(=O)c3ccc(C)cc3)n2)c1. The van der Waals surface area contributed by atoms with Gasteiger partial charge in [0.2, 0.25) is 14.2 Å². The van der Waals surface area contributed by atoms with Crippen molar-refractivity contribution in [3.63, 3.8) is 0 Å². The summed E-state index contributed by atoms with van der Waals surface area (Å²) in [5, 5.41) is 0. The van der Waals surface area contributed by atoms with Gasteiger partial charge in [0.25, 0.3) is 0 Å². The van der Waals surface area contributed by atoms with E-state index in [4.69, 9.17) is 4.74 Å². The van der Waals surface area contributed by atoms with Crippen LogP contribution in [0.25, 0.3) is 11.4 Å². The van der Waals surface area contributed by atoms with E-state index in [0.29, 0.717) is 17.1 Å². The van der Waals surface area contributed by atoms with Crippen molar-refractivity contribution in [1.29, 1.82) is 0 Å². The number of aryl methyl sites for hydroxylation is 1. The lowest BCUT2D eigenvalue weighted by Gasteiger charge is -2.01. The zero-order chi connectivity index (χ0) is 16.4. The highest BCUT2D eigenvalue weighted by Gasteiger charge is 2.23. The Morgan fingerprint density at radius 3 is 2.52 bits per heavy atom. The molecule has 118 valence electrons. The van der Waals surface area contributed by atoms with Gasteiger partial charge < -0.3 is 4.74 Å². The van der Waals surface area contributed by atoms with E-state index in [2.05, 4.69) is 9.36 Å². The summed E-state index contributed by atoms with van der Waals surface area (Å²) in [6.45, 7) is 1.91. The standard InChI is InChI=1S/C16H14N2O3S2/c1-11-6-8-14(9-7-11)23(19,20)16-17-15(18-22-16)12-4-3-5-13(10-12)21-2/h3-10H,1-2H3. The maximum absolute atomic E-state index is 12.6. The molecule has 0 unspecified atom stereocenters. The number of benzene rings is 2. The van der Waals surface area contributed by atoms with Crippen LogP contribution < -0.4 is 4.74 Å². The molecule has 2 aromatic carbocycles. The smallest absolute Gasteiger partial charge is 0.235 e. The number of hydrogen-bond acceptors (Lipinski definition) is 6. The second-order valence-electron chi connectivity index (χ2n) is 4.93. The van der Waals surface area contributed by atoms with Gasteiger partial charge in [-0.3, -0.25) is 0 Å². The molecule has 0 spiro atoms. The molecule has 0 aliphatic heterocycles. The summed E-state index contributed by atoms with van der Waals surface area (Å²) in [6, 6.07) is 13.9. The third kappa shape index (κ3) is 3.11. The molecule has 5 nitrogen and oxygen atoms in total. The number of ether oxygens (including phenoxy) is 1. The Bertz CT molecular complexity index is 932. The van der Waals surface area contributed by atoms with E-state index in [0.717, 1.165) is 17.1 Å². The first-order valence-electron chi connectivity index (χ1n) is 6.80. The van der Waals surface area contributed by atoms with Gasteiger partial charge in [-0.05, 0) is 42.7 Å². The van der Waals surface area contributed by atoms with Gasteiger partial charge in [-0.25, -0.2) is 13.4 Å². The lowest BCUT2D eigenvalue weighted by molar-refractivity contribution is 0.415. The Labute approximate surface area is 138 Å². The summed E-state index contributed by atoms with van der Waals surface area (Å²) in [4.78, 5) is 4.41. The minimum atomic E-state index is -3.64. The molecule has 0 saturated carbocycles. The molecular formula is C16H14N2O3S2. The molecule has 7 heteroatoms. The molecule has 0 N–H and O–H groups in total. The Morgan fingerprint density at radius 2 is 1.83 bits per heavy atom. The summed E-state index contributed by atoms with van der Waals surface area (Å²) < 4.78 is 34.5. The van der Waals surface area contributed by atoms with Crippen molar-refractivity contribution in [1.82, 2.24) is 9.36 Å². The third-order valence-corrected chi connectivity index (χ3v) is 6.13. The minimum absolute atomic E-state index is 0.0147. The summed E-state index contributed by atoms with van der Waals surface area (Å²) in [7, 11) is -2.07. The van der Waals surface area contributed by atoms with Crippen LogP contribution in [-0.2, 0) is 9.84 Å². The fraction of sp³-hybridized carbons (Fsp3) is 0.125. The Kier molecular flexibility index (Phi) is 4.14. The number of sulfone groups is 1. The van der Waals surface area contributed by atoms with Crippen molar-refractivity contribution in [2.45, 2.75) is 16.2 Å². The second kappa shape index (κ2) is 6.10. The summed E-state index contributed by atoms with van der Waals surface area (Å²) >= 11 is 0.874. The molecule has 0 radical (unpaired) electrons. The van der Waals surface area contributed by atoms with Crippen molar-refractivity contribution < 1.29 is 13.2 Å². The predicted octanol–water partition coefficient (Wildman–Crippen LogP) is 3.35. The lowest BCUT2D eigenvalue weighted by Crippen LogP contribution is -2.01. The van der Waals surface area contributed by atoms with Crippen molar-refractivity contribution in [3.8, 4) is 17.1 Å². The van der Waals surface area contributed by atoms with Gasteiger partial charge >= 0.3 is 0 Å². The number of hydrogen-bond donors (Lipinski definition) is 0. The number of methoxy groups -OCH3 is 1. The summed E-state index contributed by atoms with van der Waals surface area (Å²) in [5.74, 6) is 1.04. The van der Waals surface area contributed by atoms with Gasteiger partial charge in [-0.15, -0.1) is 0 Å². The number of nitrogens with zero attached hydrogens (tertiary/aromatic N) is 2. The molecule has 1 heterocycles. The van der Waals surface area contributed by atoms with E-state index in [-0.39, 0.29) is 9.24 Å². The molecular weight excluding hydrogens is 332 g/mol. The van der Waals surface area contributed by atoms with E-state index < -0.39 is 9.84 Å². The molecule has 0 bridgehead atoms. The second-order valence-corrected chi connectivity index (χ2v) is 7.81. The Morgan fingerprint density at radius 1 is 1.09 bits per heavy atom. The molecule has 0 atom stereocenters. The quantitative estimate of drug-likeness (QED) is 0.724. The molecule has 23 heavy (non-hydrogen) atoms. The molecule has 0 amide bonds. The largest absolute Gasteiger partial charge is 0.497 e. The van der Waals surface area contributed by atoms with Crippen LogP contribution >= 0.6 is 11.5 Å². The van der Waals surface area contributed by atoms with Crippen molar-refractivity contribution in [3.05, 3.63) is 54.1 Å². The molecule has 0 fully saturated rings. The van der Waals surface area contributed by atoms with Crippen molar-refractivity contribution >= 4 is 21.4 Å². The molecule has 0 saturated heterocycles. The highest BCUT2D eigenvalue weighted by atomic mass is 32.2. The summed E-state index contributed by atoms with van der Waals surface area (Å²) in [5.41, 5.74) is 1.71. The van der Waals surface area contributed by atoms with Gasteiger partial charge in [0, 0.05) is 5.56 Å². The molecule has 0 aliphatic carbocycles. The van der Waals surface area contributed by atoms with Crippen LogP contribution in [0.15, 0.2) is 57.8 Å². The Hall–Kier alpha value is -2.25. The molecule has 3 aromatic rings. The van der Waals surface area contributed by atoms with E-state index in [1.807, 2.05) is 19.1 Å². The topological polar surface area (TPSA) is 69.2 Å². The molecule has 1 aromatic heterocycles. The predicted molar refractivity (Wildman–Crippen MR) is 88.5 cm³/mol. The zero-order valence-electron chi connectivity index (χ0n) is 12.6. The lowest BCUT2D eigenvalue weighted by atomic mass is 10.2. The fourth-order valence-electron chi connectivity index (χ4n) is 2.02. The molecule has 3 rings (SSSR count). The number of rotatable bonds is 4. The van der Waals surface area contributed by atoms with E-state index in [1.165, 1.54) is 0 Å². The highest BCUT2D eigenvalue weighted by molar-refractivity contribution is 7.93. The first-order chi connectivity index (χ1) is 11.0. The Balaban J connectivity index is 1.99. The van der Waals surface area contributed by atoms with Crippen LogP contribution in [0.5, 0.6) is 5.75 Å². The maximum Gasteiger partial charge on any atom is 0.235 e. The summed E-state index contributed by atoms with van der Waals surface area (Å²) in [6.07, 6.45) is 0. The van der Waals surface area contributed by atoms with E-state index in [1.54, 1.807) is 43.5 Å². The van der Waals surface area contributed by atoms with Crippen molar-refractivity contribution in [2.24, 2.45) is 0 Å². The van der Waals surface area contributed by atoms with Crippen LogP contribution in [0.3, 0.4) is 0 Å². The van der Waals surface area contributed by atoms with Gasteiger partial charge in [-0.1, -0.05) is 29.8 Å². The maximum atomic E-state index is 12.6. The normalized spacial score (nSPS) is 11.4. The first kappa shape index (κ1) is 15.6. The van der Waals surface area contributed by atoms with Gasteiger partial charge in [0.15, 0.2) is 5.82 Å². The van der Waals surface area contributed by atoms with Crippen LogP contribution in [0.4, 0.5) is 0 Å². The fourth-order valence-corrected chi connectivity index (χ4v) is 4.15. The molecule has 0 aliphatic rings. The van der Waals surface area contributed by atoms with Gasteiger partial charge in [-0.2, -0.15) is 4.37 Å². The average molecular weight is 346 g/mol. The van der Waals surface area contributed by atoms with Crippen LogP contribution in [0.1, 0.15) is 5.56 Å². The third-order valence-electron chi connectivity index (χ3n) is 3.30. The first-order valence-corrected chi connectivity index (χ1v) is 9.06. The van der Waals surface area contributed by atoms with Gasteiger partial charge in [0.05, 0.1) is 12.0 Å². The van der Waals surface area contributed by atoms with E-state index in [9.17, 15) is 8.42 Å². The van der Waals surface area contributed by atoms with Crippen molar-refractivity contribution in [2.75, 3.05) is 7.11 Å². The number of aromatic nitrogens is 2. The monoisotopic (exact) mass is 346 g/mol.